The molecule has 1 heterocycles. The number of hydrogen-bond acceptors (Lipinski definition) is 5. The number of carboxylic acids is 1. The predicted octanol–water partition coefficient (Wildman–Crippen LogP) is 1.47. The molecule has 1 fully saturated rings. The molecule has 3 N–H and O–H groups in total. The van der Waals surface area contributed by atoms with Crippen LogP contribution in [-0.2, 0) is 15.7 Å². The molecule has 0 aliphatic heterocycles. The molecule has 10 heteroatoms. The molecule has 0 spiro atoms. The lowest BCUT2D eigenvalue weighted by Gasteiger charge is -2.33. The SMILES string of the molecule is C[C@@H](CO[C@H]1C[C@@H](C(=O)O)C1)Nc1cn[nH]c(=O)c1C(F)(F)F. The first kappa shape index (κ1) is 17.3. The summed E-state index contributed by atoms with van der Waals surface area (Å²) in [6.07, 6.45) is -3.34. The number of nitrogens with one attached hydrogen (secondary N) is 2. The largest absolute Gasteiger partial charge is 0.481 e. The average Bonchev–Trinajstić information content (AvgIpc) is 2.34. The fourth-order valence-electron chi connectivity index (χ4n) is 2.28. The third-order valence-corrected chi connectivity index (χ3v) is 3.57. The number of carbonyl (C=O) groups is 1. The first-order valence-electron chi connectivity index (χ1n) is 6.94. The zero-order valence-corrected chi connectivity index (χ0v) is 12.2. The van der Waals surface area contributed by atoms with Crippen LogP contribution in [0.25, 0.3) is 0 Å². The van der Waals surface area contributed by atoms with Crippen LogP contribution in [0.3, 0.4) is 0 Å². The topological polar surface area (TPSA) is 104 Å². The number of rotatable bonds is 6. The molecule has 0 saturated heterocycles. The number of aliphatic carboxylic acids is 1. The van der Waals surface area contributed by atoms with Crippen molar-refractivity contribution in [2.45, 2.75) is 38.1 Å². The van der Waals surface area contributed by atoms with Gasteiger partial charge in [-0.3, -0.25) is 9.59 Å². The highest BCUT2D eigenvalue weighted by atomic mass is 19.4. The molecule has 7 nitrogen and oxygen atoms in total. The first-order valence-corrected chi connectivity index (χ1v) is 6.94. The summed E-state index contributed by atoms with van der Waals surface area (Å²) >= 11 is 0. The van der Waals surface area contributed by atoms with Crippen molar-refractivity contribution < 1.29 is 27.8 Å². The number of aromatic nitrogens is 2. The summed E-state index contributed by atoms with van der Waals surface area (Å²) in [6, 6.07) is -0.511. The van der Waals surface area contributed by atoms with Gasteiger partial charge < -0.3 is 15.2 Å². The molecule has 1 aliphatic carbocycles. The molecule has 0 bridgehead atoms. The standard InChI is InChI=1S/C13H16F3N3O4/c1-6(5-23-8-2-7(3-8)12(21)22)18-9-4-17-19-11(20)10(9)13(14,15)16/h4,6-8H,2-3,5H2,1H3,(H,21,22)(H2,18,19,20)/t6-,7-,8+/m0/s1. The summed E-state index contributed by atoms with van der Waals surface area (Å²) < 4.78 is 44.1. The fraction of sp³-hybridized carbons (Fsp3) is 0.615. The molecule has 0 amide bonds. The van der Waals surface area contributed by atoms with Crippen LogP contribution in [0.1, 0.15) is 25.3 Å². The van der Waals surface area contributed by atoms with Gasteiger partial charge in [0.05, 0.1) is 30.5 Å². The Morgan fingerprint density at radius 1 is 1.57 bits per heavy atom. The van der Waals surface area contributed by atoms with Crippen LogP contribution < -0.4 is 10.9 Å². The Hall–Kier alpha value is -2.10. The van der Waals surface area contributed by atoms with E-state index in [1.54, 1.807) is 12.0 Å². The van der Waals surface area contributed by atoms with E-state index in [0.717, 1.165) is 6.20 Å². The molecule has 0 aromatic carbocycles. The Balaban J connectivity index is 1.91. The summed E-state index contributed by atoms with van der Waals surface area (Å²) in [6.45, 7) is 1.68. The quantitative estimate of drug-likeness (QED) is 0.727. The van der Waals surface area contributed by atoms with E-state index in [1.165, 1.54) is 0 Å². The van der Waals surface area contributed by atoms with Crippen molar-refractivity contribution in [1.82, 2.24) is 10.2 Å². The molecular weight excluding hydrogens is 319 g/mol. The van der Waals surface area contributed by atoms with E-state index >= 15 is 0 Å². The first-order chi connectivity index (χ1) is 10.7. The molecule has 1 aliphatic rings. The number of hydrogen-bond donors (Lipinski definition) is 3. The van der Waals surface area contributed by atoms with Crippen molar-refractivity contribution in [1.29, 1.82) is 0 Å². The number of nitrogens with zero attached hydrogens (tertiary/aromatic N) is 1. The smallest absolute Gasteiger partial charge is 0.423 e. The third-order valence-electron chi connectivity index (χ3n) is 3.57. The molecule has 1 atom stereocenters. The second-order valence-corrected chi connectivity index (χ2v) is 5.49. The Morgan fingerprint density at radius 3 is 2.78 bits per heavy atom. The molecule has 0 unspecified atom stereocenters. The van der Waals surface area contributed by atoms with Gasteiger partial charge >= 0.3 is 12.1 Å². The second kappa shape index (κ2) is 6.57. The van der Waals surface area contributed by atoms with Crippen molar-refractivity contribution >= 4 is 11.7 Å². The Morgan fingerprint density at radius 2 is 2.22 bits per heavy atom. The molecule has 1 aromatic heterocycles. The highest BCUT2D eigenvalue weighted by Crippen LogP contribution is 2.32. The zero-order chi connectivity index (χ0) is 17.2. The maximum absolute atomic E-state index is 12.9. The third kappa shape index (κ3) is 4.21. The lowest BCUT2D eigenvalue weighted by molar-refractivity contribution is -0.151. The molecule has 0 radical (unpaired) electrons. The van der Waals surface area contributed by atoms with Gasteiger partial charge in [-0.15, -0.1) is 0 Å². The van der Waals surface area contributed by atoms with Gasteiger partial charge in [-0.1, -0.05) is 0 Å². The maximum atomic E-state index is 12.9. The van der Waals surface area contributed by atoms with Crippen LogP contribution in [0.15, 0.2) is 11.0 Å². The van der Waals surface area contributed by atoms with Gasteiger partial charge in [0.2, 0.25) is 0 Å². The summed E-state index contributed by atoms with van der Waals surface area (Å²) in [4.78, 5) is 22.0. The molecule has 1 aromatic rings. The minimum absolute atomic E-state index is 0.0844. The van der Waals surface area contributed by atoms with Gasteiger partial charge in [0, 0.05) is 6.04 Å². The lowest BCUT2D eigenvalue weighted by Crippen LogP contribution is -2.38. The van der Waals surface area contributed by atoms with Crippen molar-refractivity contribution in [2.75, 3.05) is 11.9 Å². The van der Waals surface area contributed by atoms with E-state index in [9.17, 15) is 22.8 Å². The van der Waals surface area contributed by atoms with E-state index in [0.29, 0.717) is 12.8 Å². The van der Waals surface area contributed by atoms with Gasteiger partial charge in [-0.2, -0.15) is 18.3 Å². The highest BCUT2D eigenvalue weighted by molar-refractivity contribution is 5.71. The number of halogens is 3. The van der Waals surface area contributed by atoms with E-state index in [4.69, 9.17) is 9.84 Å². The average molecular weight is 335 g/mol. The monoisotopic (exact) mass is 335 g/mol. The van der Waals surface area contributed by atoms with Crippen LogP contribution in [0, 0.1) is 5.92 Å². The fourth-order valence-corrected chi connectivity index (χ4v) is 2.28. The van der Waals surface area contributed by atoms with Gasteiger partial charge in [0.15, 0.2) is 0 Å². The van der Waals surface area contributed by atoms with Gasteiger partial charge in [0.25, 0.3) is 5.56 Å². The van der Waals surface area contributed by atoms with E-state index in [1.807, 2.05) is 0 Å². The van der Waals surface area contributed by atoms with Gasteiger partial charge in [-0.05, 0) is 19.8 Å². The number of alkyl halides is 3. The summed E-state index contributed by atoms with van der Waals surface area (Å²) in [5.41, 5.74) is -3.08. The lowest BCUT2D eigenvalue weighted by atomic mass is 9.82. The minimum Gasteiger partial charge on any atom is -0.481 e. The maximum Gasteiger partial charge on any atom is 0.423 e. The van der Waals surface area contributed by atoms with E-state index in [2.05, 4.69) is 10.4 Å². The summed E-state index contributed by atoms with van der Waals surface area (Å²) in [7, 11) is 0. The van der Waals surface area contributed by atoms with E-state index < -0.39 is 40.9 Å². The molecule has 23 heavy (non-hydrogen) atoms. The minimum atomic E-state index is -4.80. The second-order valence-electron chi connectivity index (χ2n) is 5.49. The van der Waals surface area contributed by atoms with Crippen LogP contribution in [-0.4, -0.2) is 40.0 Å². The number of carboxylic acid groups (broad SMARTS) is 1. The predicted molar refractivity (Wildman–Crippen MR) is 73.0 cm³/mol. The number of aromatic amines is 1. The molecule has 2 rings (SSSR count). The van der Waals surface area contributed by atoms with Gasteiger partial charge in [-0.25, -0.2) is 5.10 Å². The normalized spacial score (nSPS) is 22.3. The molecule has 1 saturated carbocycles. The molecule has 128 valence electrons. The van der Waals surface area contributed by atoms with E-state index in [-0.39, 0.29) is 12.7 Å². The van der Waals surface area contributed by atoms with Gasteiger partial charge in [0.1, 0.15) is 5.56 Å². The van der Waals surface area contributed by atoms with Crippen molar-refractivity contribution in [3.05, 3.63) is 22.1 Å². The van der Waals surface area contributed by atoms with Crippen LogP contribution in [0.4, 0.5) is 18.9 Å². The summed E-state index contributed by atoms with van der Waals surface area (Å²) in [5.74, 6) is -1.29. The van der Waals surface area contributed by atoms with Crippen molar-refractivity contribution in [2.24, 2.45) is 5.92 Å². The van der Waals surface area contributed by atoms with Crippen LogP contribution in [0.5, 0.6) is 0 Å². The highest BCUT2D eigenvalue weighted by Gasteiger charge is 2.38. The van der Waals surface area contributed by atoms with Crippen molar-refractivity contribution in [3.63, 3.8) is 0 Å². The zero-order valence-electron chi connectivity index (χ0n) is 12.2. The van der Waals surface area contributed by atoms with Crippen molar-refractivity contribution in [3.8, 4) is 0 Å². The number of ether oxygens (including phenoxy) is 1. The Kier molecular flexibility index (Phi) is 4.93. The molecular formula is C13H16F3N3O4. The van der Waals surface area contributed by atoms with Crippen LogP contribution in [0.2, 0.25) is 0 Å². The Labute approximate surface area is 128 Å². The number of H-pyrrole nitrogens is 1. The Bertz CT molecular complexity index is 626. The summed E-state index contributed by atoms with van der Waals surface area (Å²) in [5, 5.41) is 16.4. The number of anilines is 1. The van der Waals surface area contributed by atoms with Crippen LogP contribution >= 0.6 is 0 Å².